The molecule has 0 saturated carbocycles. The lowest BCUT2D eigenvalue weighted by atomic mass is 9.94. The van der Waals surface area contributed by atoms with Gasteiger partial charge in [0.25, 0.3) is 0 Å². The molecular weight excluding hydrogens is 214 g/mol. The van der Waals surface area contributed by atoms with Gasteiger partial charge in [-0.2, -0.15) is 0 Å². The summed E-state index contributed by atoms with van der Waals surface area (Å²) < 4.78 is 0. The van der Waals surface area contributed by atoms with Crippen LogP contribution in [-0.4, -0.2) is 6.54 Å². The summed E-state index contributed by atoms with van der Waals surface area (Å²) in [5, 5.41) is 5.78. The molecule has 0 radical (unpaired) electrons. The summed E-state index contributed by atoms with van der Waals surface area (Å²) in [4.78, 5) is 1.48. The quantitative estimate of drug-likeness (QED) is 0.751. The fourth-order valence-electron chi connectivity index (χ4n) is 2.36. The fraction of sp³-hybridized carbons (Fsp3) is 0.571. The summed E-state index contributed by atoms with van der Waals surface area (Å²) in [5.41, 5.74) is 1.66. The van der Waals surface area contributed by atoms with E-state index >= 15 is 0 Å². The van der Waals surface area contributed by atoms with E-state index in [0.717, 1.165) is 6.54 Å². The monoisotopic (exact) mass is 235 g/mol. The van der Waals surface area contributed by atoms with Crippen LogP contribution in [-0.2, 0) is 0 Å². The number of allylic oxidation sites excluding steroid dienone is 1. The van der Waals surface area contributed by atoms with Crippen LogP contribution in [0.15, 0.2) is 29.2 Å². The van der Waals surface area contributed by atoms with Crippen LogP contribution in [0.3, 0.4) is 0 Å². The fourth-order valence-corrected chi connectivity index (χ4v) is 3.16. The molecule has 1 aromatic rings. The third kappa shape index (κ3) is 3.19. The topological polar surface area (TPSA) is 12.0 Å². The average Bonchev–Trinajstić information content (AvgIpc) is 2.83. The number of nitrogens with one attached hydrogen (secondary N) is 1. The van der Waals surface area contributed by atoms with Crippen molar-refractivity contribution in [2.45, 2.75) is 45.1 Å². The van der Waals surface area contributed by atoms with Gasteiger partial charge in [0, 0.05) is 10.9 Å². The molecule has 1 heterocycles. The van der Waals surface area contributed by atoms with Crippen LogP contribution in [0.2, 0.25) is 0 Å². The number of thiophene rings is 1. The minimum atomic E-state index is 0.536. The molecule has 2 heteroatoms. The van der Waals surface area contributed by atoms with Gasteiger partial charge in [0.2, 0.25) is 0 Å². The summed E-state index contributed by atoms with van der Waals surface area (Å²) in [6.45, 7) is 3.24. The molecule has 1 unspecified atom stereocenters. The highest BCUT2D eigenvalue weighted by atomic mass is 32.1. The van der Waals surface area contributed by atoms with Crippen LogP contribution in [0.1, 0.15) is 49.9 Å². The lowest BCUT2D eigenvalue weighted by molar-refractivity contribution is 0.534. The maximum atomic E-state index is 3.60. The zero-order chi connectivity index (χ0) is 11.2. The first-order valence-corrected chi connectivity index (χ1v) is 7.23. The van der Waals surface area contributed by atoms with Crippen LogP contribution < -0.4 is 5.32 Å². The van der Waals surface area contributed by atoms with Gasteiger partial charge < -0.3 is 5.32 Å². The molecular formula is C14H21NS. The summed E-state index contributed by atoms with van der Waals surface area (Å²) in [6, 6.07) is 4.94. The Bertz CT molecular complexity index is 327. The smallest absolute Gasteiger partial charge is 0.0452 e. The third-order valence-corrected chi connectivity index (χ3v) is 4.17. The summed E-state index contributed by atoms with van der Waals surface area (Å²) in [5.74, 6) is 0. The second-order valence-corrected chi connectivity index (χ2v) is 5.42. The van der Waals surface area contributed by atoms with Gasteiger partial charge in [-0.15, -0.1) is 11.3 Å². The van der Waals surface area contributed by atoms with Gasteiger partial charge in [-0.1, -0.05) is 24.6 Å². The van der Waals surface area contributed by atoms with Crippen LogP contribution >= 0.6 is 11.3 Å². The molecule has 1 aliphatic rings. The van der Waals surface area contributed by atoms with Crippen LogP contribution in [0.5, 0.6) is 0 Å². The van der Waals surface area contributed by atoms with Gasteiger partial charge in [-0.25, -0.2) is 0 Å². The van der Waals surface area contributed by atoms with Crippen molar-refractivity contribution in [2.24, 2.45) is 0 Å². The Morgan fingerprint density at radius 1 is 1.44 bits per heavy atom. The van der Waals surface area contributed by atoms with Gasteiger partial charge in [-0.05, 0) is 50.1 Å². The molecule has 0 fully saturated rings. The summed E-state index contributed by atoms with van der Waals surface area (Å²) in [6.07, 6.45) is 9.03. The first kappa shape index (κ1) is 11.9. The van der Waals surface area contributed by atoms with Crippen molar-refractivity contribution in [1.29, 1.82) is 0 Å². The lowest BCUT2D eigenvalue weighted by Gasteiger charge is -2.20. The van der Waals surface area contributed by atoms with Crippen molar-refractivity contribution < 1.29 is 0 Å². The largest absolute Gasteiger partial charge is 0.309 e. The maximum absolute atomic E-state index is 3.60. The van der Waals surface area contributed by atoms with Gasteiger partial charge in [0.15, 0.2) is 0 Å². The predicted octanol–water partition coefficient (Wildman–Crippen LogP) is 4.29. The molecule has 0 spiro atoms. The minimum absolute atomic E-state index is 0.536. The minimum Gasteiger partial charge on any atom is -0.309 e. The van der Waals surface area contributed by atoms with E-state index in [1.807, 2.05) is 11.3 Å². The SMILES string of the molecule is CCNC(CC1=CCCCC1)c1cccs1. The van der Waals surface area contributed by atoms with Crippen molar-refractivity contribution in [3.63, 3.8) is 0 Å². The average molecular weight is 235 g/mol. The number of hydrogen-bond donors (Lipinski definition) is 1. The van der Waals surface area contributed by atoms with E-state index in [-0.39, 0.29) is 0 Å². The van der Waals surface area contributed by atoms with E-state index in [0.29, 0.717) is 6.04 Å². The normalized spacial score (nSPS) is 18.2. The van der Waals surface area contributed by atoms with E-state index in [9.17, 15) is 0 Å². The van der Waals surface area contributed by atoms with E-state index < -0.39 is 0 Å². The Balaban J connectivity index is 1.99. The first-order valence-electron chi connectivity index (χ1n) is 6.35. The zero-order valence-corrected chi connectivity index (χ0v) is 10.9. The molecule has 0 aliphatic heterocycles. The molecule has 0 saturated heterocycles. The van der Waals surface area contributed by atoms with Gasteiger partial charge in [0.1, 0.15) is 0 Å². The number of rotatable bonds is 5. The summed E-state index contributed by atoms with van der Waals surface area (Å²) in [7, 11) is 0. The molecule has 0 amide bonds. The van der Waals surface area contributed by atoms with E-state index in [2.05, 4.69) is 35.8 Å². The van der Waals surface area contributed by atoms with Crippen molar-refractivity contribution >= 4 is 11.3 Å². The Morgan fingerprint density at radius 2 is 2.38 bits per heavy atom. The van der Waals surface area contributed by atoms with Crippen molar-refractivity contribution in [1.82, 2.24) is 5.32 Å². The number of hydrogen-bond acceptors (Lipinski definition) is 2. The van der Waals surface area contributed by atoms with Crippen LogP contribution in [0.4, 0.5) is 0 Å². The Kier molecular flexibility index (Phi) is 4.61. The molecule has 1 aliphatic carbocycles. The molecule has 1 nitrogen and oxygen atoms in total. The van der Waals surface area contributed by atoms with Crippen LogP contribution in [0.25, 0.3) is 0 Å². The van der Waals surface area contributed by atoms with E-state index in [1.54, 1.807) is 5.57 Å². The maximum Gasteiger partial charge on any atom is 0.0452 e. The first-order chi connectivity index (χ1) is 7.90. The molecule has 88 valence electrons. The standard InChI is InChI=1S/C14H21NS/c1-2-15-13(14-9-6-10-16-14)11-12-7-4-3-5-8-12/h6-7,9-10,13,15H,2-5,8,11H2,1H3. The molecule has 0 aromatic carbocycles. The molecule has 1 N–H and O–H groups in total. The molecule has 16 heavy (non-hydrogen) atoms. The van der Waals surface area contributed by atoms with E-state index in [1.165, 1.54) is 37.0 Å². The molecule has 2 rings (SSSR count). The molecule has 1 aromatic heterocycles. The van der Waals surface area contributed by atoms with Gasteiger partial charge in [0.05, 0.1) is 0 Å². The Morgan fingerprint density at radius 3 is 3.00 bits per heavy atom. The second kappa shape index (κ2) is 6.21. The molecule has 0 bridgehead atoms. The van der Waals surface area contributed by atoms with Crippen molar-refractivity contribution in [3.8, 4) is 0 Å². The van der Waals surface area contributed by atoms with Crippen molar-refractivity contribution in [2.75, 3.05) is 6.54 Å². The Labute approximate surface area is 103 Å². The highest BCUT2D eigenvalue weighted by Gasteiger charge is 2.14. The van der Waals surface area contributed by atoms with Crippen LogP contribution in [0, 0.1) is 0 Å². The Hall–Kier alpha value is -0.600. The summed E-state index contributed by atoms with van der Waals surface area (Å²) >= 11 is 1.87. The third-order valence-electron chi connectivity index (χ3n) is 3.19. The van der Waals surface area contributed by atoms with Gasteiger partial charge >= 0.3 is 0 Å². The highest BCUT2D eigenvalue weighted by Crippen LogP contribution is 2.29. The molecule has 1 atom stereocenters. The lowest BCUT2D eigenvalue weighted by Crippen LogP contribution is -2.20. The second-order valence-electron chi connectivity index (χ2n) is 4.44. The predicted molar refractivity (Wildman–Crippen MR) is 71.9 cm³/mol. The van der Waals surface area contributed by atoms with Crippen molar-refractivity contribution in [3.05, 3.63) is 34.0 Å². The van der Waals surface area contributed by atoms with E-state index in [4.69, 9.17) is 0 Å². The van der Waals surface area contributed by atoms with Gasteiger partial charge in [-0.3, -0.25) is 0 Å². The zero-order valence-electron chi connectivity index (χ0n) is 10.0. The highest BCUT2D eigenvalue weighted by molar-refractivity contribution is 7.10.